The number of ether oxygens (including phenoxy) is 1. The van der Waals surface area contributed by atoms with Crippen LogP contribution in [-0.4, -0.2) is 26.1 Å². The van der Waals surface area contributed by atoms with Gasteiger partial charge in [-0.1, -0.05) is 42.5 Å². The lowest BCUT2D eigenvalue weighted by Gasteiger charge is -2.10. The van der Waals surface area contributed by atoms with Gasteiger partial charge in [-0.15, -0.1) is 23.4 Å². The standard InChI is InChI=1S/C23H15F3N4O2/c24-23(25,26)32-17-12-10-15(11-13-17)14-30-19-9-5-4-8-18(19)27-20(30)22-29-28-21(31-22)16-6-2-1-3-7-16/h1-13H,14H2. The van der Waals surface area contributed by atoms with Crippen LogP contribution in [0.1, 0.15) is 5.56 Å². The van der Waals surface area contributed by atoms with Crippen LogP contribution in [-0.2, 0) is 6.54 Å². The van der Waals surface area contributed by atoms with E-state index in [4.69, 9.17) is 4.42 Å². The Morgan fingerprint density at radius 3 is 2.25 bits per heavy atom. The van der Waals surface area contributed by atoms with Crippen LogP contribution in [0.4, 0.5) is 13.2 Å². The molecule has 32 heavy (non-hydrogen) atoms. The molecule has 160 valence electrons. The molecule has 0 amide bonds. The molecule has 5 rings (SSSR count). The molecule has 0 fully saturated rings. The van der Waals surface area contributed by atoms with E-state index in [0.29, 0.717) is 18.3 Å². The second-order valence-corrected chi connectivity index (χ2v) is 6.98. The molecule has 0 unspecified atom stereocenters. The fourth-order valence-electron chi connectivity index (χ4n) is 3.39. The van der Waals surface area contributed by atoms with Crippen molar-refractivity contribution in [2.45, 2.75) is 12.9 Å². The predicted octanol–water partition coefficient (Wildman–Crippen LogP) is 5.70. The zero-order valence-corrected chi connectivity index (χ0v) is 16.5. The van der Waals surface area contributed by atoms with Crippen LogP contribution in [0.3, 0.4) is 0 Å². The van der Waals surface area contributed by atoms with Gasteiger partial charge in [0.05, 0.1) is 11.0 Å². The summed E-state index contributed by atoms with van der Waals surface area (Å²) in [6.07, 6.45) is -4.73. The van der Waals surface area contributed by atoms with Gasteiger partial charge in [-0.05, 0) is 42.0 Å². The lowest BCUT2D eigenvalue weighted by atomic mass is 10.2. The molecule has 9 heteroatoms. The van der Waals surface area contributed by atoms with Gasteiger partial charge in [0.1, 0.15) is 5.75 Å². The molecule has 0 aliphatic carbocycles. The molecule has 0 atom stereocenters. The Morgan fingerprint density at radius 2 is 1.50 bits per heavy atom. The normalized spacial score (nSPS) is 11.7. The first-order chi connectivity index (χ1) is 15.5. The van der Waals surface area contributed by atoms with E-state index >= 15 is 0 Å². The van der Waals surface area contributed by atoms with Crippen LogP contribution in [0.15, 0.2) is 83.3 Å². The second kappa shape index (κ2) is 7.84. The number of nitrogens with zero attached hydrogens (tertiary/aromatic N) is 4. The van der Waals surface area contributed by atoms with Gasteiger partial charge in [-0.3, -0.25) is 0 Å². The maximum absolute atomic E-state index is 12.4. The summed E-state index contributed by atoms with van der Waals surface area (Å²) >= 11 is 0. The van der Waals surface area contributed by atoms with E-state index in [0.717, 1.165) is 22.2 Å². The van der Waals surface area contributed by atoms with Crippen molar-refractivity contribution >= 4 is 11.0 Å². The van der Waals surface area contributed by atoms with Gasteiger partial charge in [-0.2, -0.15) is 0 Å². The fraction of sp³-hybridized carbons (Fsp3) is 0.0870. The smallest absolute Gasteiger partial charge is 0.413 e. The third-order valence-corrected chi connectivity index (χ3v) is 4.79. The van der Waals surface area contributed by atoms with Crippen LogP contribution in [0.25, 0.3) is 34.2 Å². The number of alkyl halides is 3. The van der Waals surface area contributed by atoms with Crippen LogP contribution in [0, 0.1) is 0 Å². The molecule has 0 saturated heterocycles. The van der Waals surface area contributed by atoms with Crippen LogP contribution < -0.4 is 4.74 Å². The molecule has 0 aliphatic rings. The van der Waals surface area contributed by atoms with E-state index in [2.05, 4.69) is 19.9 Å². The third kappa shape index (κ3) is 4.04. The van der Waals surface area contributed by atoms with E-state index in [1.807, 2.05) is 59.2 Å². The molecule has 3 aromatic carbocycles. The molecule has 6 nitrogen and oxygen atoms in total. The summed E-state index contributed by atoms with van der Waals surface area (Å²) in [4.78, 5) is 4.65. The lowest BCUT2D eigenvalue weighted by molar-refractivity contribution is -0.274. The summed E-state index contributed by atoms with van der Waals surface area (Å²) in [5.41, 5.74) is 3.11. The molecule has 0 spiro atoms. The van der Waals surface area contributed by atoms with Crippen molar-refractivity contribution in [3.05, 3.63) is 84.4 Å². The zero-order chi connectivity index (χ0) is 22.1. The highest BCUT2D eigenvalue weighted by atomic mass is 19.4. The van der Waals surface area contributed by atoms with E-state index in [1.165, 1.54) is 12.1 Å². The van der Waals surface area contributed by atoms with Crippen molar-refractivity contribution in [2.24, 2.45) is 0 Å². The number of rotatable bonds is 5. The van der Waals surface area contributed by atoms with Crippen molar-refractivity contribution in [2.75, 3.05) is 0 Å². The van der Waals surface area contributed by atoms with Crippen molar-refractivity contribution in [1.29, 1.82) is 0 Å². The summed E-state index contributed by atoms with van der Waals surface area (Å²) in [5.74, 6) is 0.808. The van der Waals surface area contributed by atoms with Gasteiger partial charge >= 0.3 is 6.36 Å². The van der Waals surface area contributed by atoms with Crippen molar-refractivity contribution in [3.8, 4) is 28.9 Å². The highest BCUT2D eigenvalue weighted by Gasteiger charge is 2.31. The van der Waals surface area contributed by atoms with E-state index in [-0.39, 0.29) is 11.6 Å². The molecule has 0 radical (unpaired) electrons. The molecule has 0 aliphatic heterocycles. The van der Waals surface area contributed by atoms with Crippen LogP contribution in [0.2, 0.25) is 0 Å². The molecule has 0 N–H and O–H groups in total. The first kappa shape index (κ1) is 19.8. The number of hydrogen-bond donors (Lipinski definition) is 0. The maximum atomic E-state index is 12.4. The Labute approximate surface area is 179 Å². The molecule has 5 aromatic rings. The SMILES string of the molecule is FC(F)(F)Oc1ccc(Cn2c(-c3nnc(-c4ccccc4)o3)nc3ccccc32)cc1. The minimum absolute atomic E-state index is 0.247. The Kier molecular flexibility index (Phi) is 4.85. The summed E-state index contributed by atoms with van der Waals surface area (Å²) in [5, 5.41) is 8.30. The van der Waals surface area contributed by atoms with Gasteiger partial charge in [-0.25, -0.2) is 4.98 Å². The molecule has 0 saturated carbocycles. The second-order valence-electron chi connectivity index (χ2n) is 6.98. The predicted molar refractivity (Wildman–Crippen MR) is 111 cm³/mol. The van der Waals surface area contributed by atoms with E-state index in [1.54, 1.807) is 12.1 Å². The number of hydrogen-bond acceptors (Lipinski definition) is 5. The summed E-state index contributed by atoms with van der Waals surface area (Å²) < 4.78 is 49.0. The Bertz CT molecular complexity index is 1360. The summed E-state index contributed by atoms with van der Waals surface area (Å²) in [7, 11) is 0. The lowest BCUT2D eigenvalue weighted by Crippen LogP contribution is -2.17. The zero-order valence-electron chi connectivity index (χ0n) is 16.5. The quantitative estimate of drug-likeness (QED) is 0.354. The van der Waals surface area contributed by atoms with Crippen molar-refractivity contribution < 1.29 is 22.3 Å². The molecule has 2 aromatic heterocycles. The highest BCUT2D eigenvalue weighted by Crippen LogP contribution is 2.28. The minimum Gasteiger partial charge on any atom is -0.413 e. The molecular weight excluding hydrogens is 421 g/mol. The first-order valence-corrected chi connectivity index (χ1v) is 9.65. The third-order valence-electron chi connectivity index (χ3n) is 4.79. The number of para-hydroxylation sites is 2. The largest absolute Gasteiger partial charge is 0.573 e. The minimum atomic E-state index is -4.73. The molecule has 2 heterocycles. The molecular formula is C23H15F3N4O2. The fourth-order valence-corrected chi connectivity index (χ4v) is 3.39. The average Bonchev–Trinajstić information content (AvgIpc) is 3.40. The van der Waals surface area contributed by atoms with Crippen molar-refractivity contribution in [1.82, 2.24) is 19.7 Å². The van der Waals surface area contributed by atoms with Gasteiger partial charge in [0.25, 0.3) is 5.89 Å². The van der Waals surface area contributed by atoms with Gasteiger partial charge < -0.3 is 13.7 Å². The van der Waals surface area contributed by atoms with Gasteiger partial charge in [0.2, 0.25) is 5.89 Å². The number of benzene rings is 3. The van der Waals surface area contributed by atoms with Gasteiger partial charge in [0, 0.05) is 12.1 Å². The van der Waals surface area contributed by atoms with Gasteiger partial charge in [0.15, 0.2) is 5.82 Å². The monoisotopic (exact) mass is 436 g/mol. The number of aromatic nitrogens is 4. The highest BCUT2D eigenvalue weighted by molar-refractivity contribution is 5.79. The number of halogens is 3. The topological polar surface area (TPSA) is 66.0 Å². The maximum Gasteiger partial charge on any atom is 0.573 e. The first-order valence-electron chi connectivity index (χ1n) is 9.65. The van der Waals surface area contributed by atoms with Crippen molar-refractivity contribution in [3.63, 3.8) is 0 Å². The van der Waals surface area contributed by atoms with E-state index < -0.39 is 6.36 Å². The Hall–Kier alpha value is -4.14. The average molecular weight is 436 g/mol. The van der Waals surface area contributed by atoms with Crippen LogP contribution >= 0.6 is 0 Å². The Balaban J connectivity index is 1.51. The number of fused-ring (bicyclic) bond motifs is 1. The molecule has 0 bridgehead atoms. The number of imidazole rings is 1. The summed E-state index contributed by atoms with van der Waals surface area (Å²) in [6, 6.07) is 22.6. The van der Waals surface area contributed by atoms with E-state index in [9.17, 15) is 13.2 Å². The summed E-state index contributed by atoms with van der Waals surface area (Å²) in [6.45, 7) is 0.338. The van der Waals surface area contributed by atoms with Crippen LogP contribution in [0.5, 0.6) is 5.75 Å². The Morgan fingerprint density at radius 1 is 0.812 bits per heavy atom.